The highest BCUT2D eigenvalue weighted by molar-refractivity contribution is 7.00. The molecule has 1 aliphatic carbocycles. The third-order valence-corrected chi connectivity index (χ3v) is 12.0. The topological polar surface area (TPSA) is 24.3 Å². The number of hydrogen-bond donors (Lipinski definition) is 0. The number of pyridine rings is 1. The van der Waals surface area contributed by atoms with Gasteiger partial charge in [-0.1, -0.05) is 129 Å². The maximum absolute atomic E-state index is 5.53. The van der Waals surface area contributed by atoms with Crippen molar-refractivity contribution < 1.29 is 0 Å². The van der Waals surface area contributed by atoms with Crippen LogP contribution >= 0.6 is 0 Å². The van der Waals surface area contributed by atoms with Crippen LogP contribution in [0.25, 0.3) is 11.8 Å². The van der Waals surface area contributed by atoms with E-state index in [0.717, 1.165) is 30.0 Å². The number of para-hydroxylation sites is 1. The van der Waals surface area contributed by atoms with Gasteiger partial charge < -0.3 is 9.47 Å². The number of aryl methyl sites for hydroxylation is 1. The minimum atomic E-state index is -0.0356. The highest BCUT2D eigenvalue weighted by atomic mass is 15.2. The Morgan fingerprint density at radius 2 is 1.18 bits per heavy atom. The van der Waals surface area contributed by atoms with Crippen molar-refractivity contribution in [1.29, 1.82) is 0 Å². The van der Waals surface area contributed by atoms with Crippen LogP contribution in [0.3, 0.4) is 0 Å². The van der Waals surface area contributed by atoms with Gasteiger partial charge in [0, 0.05) is 51.0 Å². The monoisotopic (exact) mass is 720 g/mol. The molecule has 4 aromatic carbocycles. The van der Waals surface area contributed by atoms with Gasteiger partial charge in [-0.05, 0) is 112 Å². The van der Waals surface area contributed by atoms with Crippen molar-refractivity contribution in [3.63, 3.8) is 0 Å². The molecule has 0 saturated heterocycles. The van der Waals surface area contributed by atoms with Crippen LogP contribution in [-0.2, 0) is 22.7 Å². The number of benzene rings is 4. The fraction of sp³-hybridized carbons (Fsp3) is 0.300. The number of fused-ring (bicyclic) bond motifs is 6. The summed E-state index contributed by atoms with van der Waals surface area (Å²) in [6.07, 6.45) is 6.77. The number of allylic oxidation sites excluding steroid dienone is 1. The minimum Gasteiger partial charge on any atom is -0.323 e. The third-order valence-electron chi connectivity index (χ3n) is 12.0. The molecule has 0 N–H and O–H groups in total. The van der Waals surface area contributed by atoms with Crippen LogP contribution in [0.4, 0.5) is 34.3 Å². The Bertz CT molecular complexity index is 2480. The molecule has 0 atom stereocenters. The lowest BCUT2D eigenvalue weighted by atomic mass is 9.35. The normalized spacial score (nSPS) is 14.8. The van der Waals surface area contributed by atoms with Crippen molar-refractivity contribution in [3.8, 4) is 5.69 Å². The summed E-state index contributed by atoms with van der Waals surface area (Å²) >= 11 is 0. The van der Waals surface area contributed by atoms with Gasteiger partial charge in [-0.3, -0.25) is 4.90 Å². The van der Waals surface area contributed by atoms with Gasteiger partial charge in [0.25, 0.3) is 6.71 Å². The summed E-state index contributed by atoms with van der Waals surface area (Å²) in [5.41, 5.74) is 18.8. The van der Waals surface area contributed by atoms with Gasteiger partial charge in [0.05, 0.1) is 5.69 Å². The van der Waals surface area contributed by atoms with Crippen molar-refractivity contribution >= 4 is 63.6 Å². The van der Waals surface area contributed by atoms with Gasteiger partial charge in [-0.15, -0.1) is 0 Å². The van der Waals surface area contributed by atoms with Crippen LogP contribution in [-0.4, -0.2) is 16.3 Å². The number of nitrogens with zero attached hydrogens (tertiary/aromatic N) is 4. The second-order valence-electron chi connectivity index (χ2n) is 18.9. The molecule has 0 fully saturated rings. The van der Waals surface area contributed by atoms with Crippen LogP contribution in [0.15, 0.2) is 109 Å². The second-order valence-corrected chi connectivity index (χ2v) is 18.9. The van der Waals surface area contributed by atoms with Crippen LogP contribution in [0, 0.1) is 6.92 Å². The standard InChI is InChI=1S/C50H53BN4/c1-32-30-43-44-47(52-32)55(38-27-22-34(23-28-38)49(5,6)7)42-31-35(50(8,9)10)24-29-40(42)51(44)46-45(53(43)37-25-20-33(21-26-37)48(2,3)4)39-18-14-15-19-41(39)54(46)36-16-12-11-13-17-36/h11-14,16-18,20-31H,15,19H2,1-10H3. The highest BCUT2D eigenvalue weighted by Gasteiger charge is 2.48. The van der Waals surface area contributed by atoms with Gasteiger partial charge in [-0.25, -0.2) is 4.98 Å². The average Bonchev–Trinajstić information content (AvgIpc) is 3.48. The number of hydrogen-bond acceptors (Lipinski definition) is 3. The summed E-state index contributed by atoms with van der Waals surface area (Å²) in [5.74, 6) is 1.01. The Morgan fingerprint density at radius 3 is 1.78 bits per heavy atom. The molecule has 0 spiro atoms. The number of anilines is 6. The van der Waals surface area contributed by atoms with Crippen molar-refractivity contribution in [2.24, 2.45) is 0 Å². The van der Waals surface area contributed by atoms with Gasteiger partial charge in [0.15, 0.2) is 0 Å². The Balaban J connectivity index is 1.41. The Morgan fingerprint density at radius 1 is 0.600 bits per heavy atom. The van der Waals surface area contributed by atoms with E-state index in [1.807, 2.05) is 0 Å². The quantitative estimate of drug-likeness (QED) is 0.170. The van der Waals surface area contributed by atoms with E-state index in [9.17, 15) is 0 Å². The molecule has 9 rings (SSSR count). The zero-order valence-electron chi connectivity index (χ0n) is 34.3. The van der Waals surface area contributed by atoms with E-state index in [1.165, 1.54) is 72.9 Å². The Kier molecular flexibility index (Phi) is 7.96. The average molecular weight is 721 g/mol. The molecular formula is C50H53BN4. The molecule has 5 heteroatoms. The number of aromatic nitrogens is 2. The molecule has 6 aromatic rings. The summed E-state index contributed by atoms with van der Waals surface area (Å²) in [6.45, 7) is 22.8. The first-order valence-corrected chi connectivity index (χ1v) is 20.1. The van der Waals surface area contributed by atoms with Crippen molar-refractivity contribution in [2.75, 3.05) is 9.80 Å². The summed E-state index contributed by atoms with van der Waals surface area (Å²) in [4.78, 5) is 10.6. The summed E-state index contributed by atoms with van der Waals surface area (Å²) < 4.78 is 2.61. The molecule has 0 amide bonds. The molecular weight excluding hydrogens is 667 g/mol. The maximum atomic E-state index is 5.53. The Labute approximate surface area is 328 Å². The molecule has 3 aliphatic rings. The van der Waals surface area contributed by atoms with E-state index in [-0.39, 0.29) is 23.0 Å². The van der Waals surface area contributed by atoms with Gasteiger partial charge in [0.1, 0.15) is 5.82 Å². The summed E-state index contributed by atoms with van der Waals surface area (Å²) in [5, 5.41) is 0. The molecule has 0 radical (unpaired) electrons. The van der Waals surface area contributed by atoms with E-state index in [4.69, 9.17) is 4.98 Å². The van der Waals surface area contributed by atoms with E-state index in [0.29, 0.717) is 0 Å². The van der Waals surface area contributed by atoms with Crippen LogP contribution in [0.1, 0.15) is 102 Å². The zero-order valence-corrected chi connectivity index (χ0v) is 34.3. The van der Waals surface area contributed by atoms with Crippen LogP contribution in [0.2, 0.25) is 0 Å². The predicted octanol–water partition coefficient (Wildman–Crippen LogP) is 11.1. The molecule has 2 aliphatic heterocycles. The lowest BCUT2D eigenvalue weighted by Crippen LogP contribution is -2.63. The molecule has 2 aromatic heterocycles. The van der Waals surface area contributed by atoms with Crippen molar-refractivity contribution in [1.82, 2.24) is 9.55 Å². The molecule has 0 bridgehead atoms. The molecule has 0 saturated carbocycles. The molecule has 55 heavy (non-hydrogen) atoms. The van der Waals surface area contributed by atoms with Crippen molar-refractivity contribution in [3.05, 3.63) is 143 Å². The smallest absolute Gasteiger partial charge is 0.275 e. The van der Waals surface area contributed by atoms with E-state index >= 15 is 0 Å². The van der Waals surface area contributed by atoms with E-state index in [2.05, 4.69) is 199 Å². The van der Waals surface area contributed by atoms with Crippen LogP contribution in [0.5, 0.6) is 0 Å². The van der Waals surface area contributed by atoms with Gasteiger partial charge >= 0.3 is 0 Å². The minimum absolute atomic E-state index is 0.0237. The fourth-order valence-corrected chi connectivity index (χ4v) is 9.02. The second kappa shape index (κ2) is 12.4. The maximum Gasteiger partial charge on any atom is 0.275 e. The molecule has 276 valence electrons. The zero-order chi connectivity index (χ0) is 38.6. The van der Waals surface area contributed by atoms with Gasteiger partial charge in [-0.2, -0.15) is 0 Å². The fourth-order valence-electron chi connectivity index (χ4n) is 9.02. The first-order chi connectivity index (χ1) is 26.1. The van der Waals surface area contributed by atoms with Crippen LogP contribution < -0.4 is 26.3 Å². The summed E-state index contributed by atoms with van der Waals surface area (Å²) in [7, 11) is 0. The first-order valence-electron chi connectivity index (χ1n) is 20.1. The highest BCUT2D eigenvalue weighted by Crippen LogP contribution is 2.48. The molecule has 4 heterocycles. The van der Waals surface area contributed by atoms with Gasteiger partial charge in [0.2, 0.25) is 0 Å². The largest absolute Gasteiger partial charge is 0.323 e. The number of rotatable bonds is 3. The third kappa shape index (κ3) is 5.69. The SMILES string of the molecule is Cc1cc2c3c(n1)N(c1ccc(C(C)(C)C)cc1)c1cc(C(C)(C)C)ccc1B3c1c(c3c(n1-c1ccccc1)CCC=C3)N2c1ccc(C(C)(C)C)cc1. The lowest BCUT2D eigenvalue weighted by molar-refractivity contribution is 0.590. The Hall–Kier alpha value is -5.29. The van der Waals surface area contributed by atoms with E-state index < -0.39 is 0 Å². The molecule has 4 nitrogen and oxygen atoms in total. The van der Waals surface area contributed by atoms with Crippen molar-refractivity contribution in [2.45, 2.75) is 98.3 Å². The lowest BCUT2D eigenvalue weighted by Gasteiger charge is -2.43. The summed E-state index contributed by atoms with van der Waals surface area (Å²) in [6, 6.07) is 39.2. The van der Waals surface area contributed by atoms with E-state index in [1.54, 1.807) is 0 Å². The molecule has 0 unspecified atom stereocenters. The predicted molar refractivity (Wildman–Crippen MR) is 236 cm³/mol. The first kappa shape index (κ1) is 35.4.